The number of rotatable bonds is 5. The van der Waals surface area contributed by atoms with Gasteiger partial charge in [-0.1, -0.05) is 12.2 Å². The van der Waals surface area contributed by atoms with Gasteiger partial charge < -0.3 is 14.4 Å². The van der Waals surface area contributed by atoms with E-state index in [1.54, 1.807) is 36.9 Å². The Morgan fingerprint density at radius 2 is 1.75 bits per heavy atom. The second-order valence-corrected chi connectivity index (χ2v) is 10.3. The number of piperidine rings is 1. The Kier molecular flexibility index (Phi) is 6.08. The predicted octanol–water partition coefficient (Wildman–Crippen LogP) is 4.51. The number of hydrazone groups is 1. The first-order valence-electron chi connectivity index (χ1n) is 12.4. The van der Waals surface area contributed by atoms with Crippen LogP contribution in [0.5, 0.6) is 11.5 Å². The molecule has 8 nitrogen and oxygen atoms in total. The zero-order valence-electron chi connectivity index (χ0n) is 20.5. The van der Waals surface area contributed by atoms with E-state index in [-0.39, 0.29) is 23.8 Å². The third kappa shape index (κ3) is 3.91. The summed E-state index contributed by atoms with van der Waals surface area (Å²) in [6, 6.07) is 8.07. The number of thiophene rings is 1. The molecule has 0 spiro atoms. The minimum absolute atomic E-state index is 0.0653. The minimum Gasteiger partial charge on any atom is -0.493 e. The summed E-state index contributed by atoms with van der Waals surface area (Å²) in [5, 5.41) is 9.99. The van der Waals surface area contributed by atoms with Crippen LogP contribution in [-0.4, -0.2) is 59.9 Å². The van der Waals surface area contributed by atoms with Gasteiger partial charge >= 0.3 is 0 Å². The van der Waals surface area contributed by atoms with E-state index in [0.717, 1.165) is 66.1 Å². The smallest absolute Gasteiger partial charge is 0.247 e. The number of nitrogens with zero attached hydrogens (tertiary/aromatic N) is 5. The van der Waals surface area contributed by atoms with Crippen LogP contribution in [0.3, 0.4) is 0 Å². The number of hydrogen-bond donors (Lipinski definition) is 0. The Labute approximate surface area is 214 Å². The number of anilines is 1. The first kappa shape index (κ1) is 23.0. The number of amides is 1. The number of carbonyl (C=O) groups excluding carboxylic acids is 1. The molecule has 0 radical (unpaired) electrons. The molecule has 3 aromatic rings. The lowest BCUT2D eigenvalue weighted by atomic mass is 9.76. The lowest BCUT2D eigenvalue weighted by molar-refractivity contribution is -0.140. The molecular formula is C27H29N5O3S. The zero-order valence-corrected chi connectivity index (χ0v) is 21.3. The quantitative estimate of drug-likeness (QED) is 0.477. The molecule has 186 valence electrons. The van der Waals surface area contributed by atoms with Gasteiger partial charge in [-0.2, -0.15) is 5.10 Å². The Bertz CT molecular complexity index is 1340. The van der Waals surface area contributed by atoms with Crippen LogP contribution >= 0.6 is 11.3 Å². The monoisotopic (exact) mass is 503 g/mol. The van der Waals surface area contributed by atoms with Crippen LogP contribution in [0, 0.1) is 11.8 Å². The average Bonchev–Trinajstić information content (AvgIpc) is 3.42. The highest BCUT2D eigenvalue weighted by molar-refractivity contribution is 7.16. The molecule has 1 aromatic carbocycles. The lowest BCUT2D eigenvalue weighted by Crippen LogP contribution is -2.52. The second-order valence-electron chi connectivity index (χ2n) is 9.45. The molecule has 1 saturated heterocycles. The van der Waals surface area contributed by atoms with Gasteiger partial charge in [0, 0.05) is 24.6 Å². The molecule has 1 amide bonds. The molecule has 4 heterocycles. The number of methoxy groups -OCH3 is 2. The van der Waals surface area contributed by atoms with Crippen LogP contribution in [0.4, 0.5) is 5.82 Å². The average molecular weight is 504 g/mol. The van der Waals surface area contributed by atoms with Crippen molar-refractivity contribution in [2.24, 2.45) is 16.9 Å². The molecule has 2 unspecified atom stereocenters. The summed E-state index contributed by atoms with van der Waals surface area (Å²) in [6.45, 7) is 1.65. The van der Waals surface area contributed by atoms with Crippen LogP contribution in [0.2, 0.25) is 0 Å². The van der Waals surface area contributed by atoms with Gasteiger partial charge in [-0.05, 0) is 55.3 Å². The molecule has 2 atom stereocenters. The third-order valence-corrected chi connectivity index (χ3v) is 8.39. The lowest BCUT2D eigenvalue weighted by Gasteiger charge is -2.42. The van der Waals surface area contributed by atoms with E-state index in [4.69, 9.17) is 14.6 Å². The number of carbonyl (C=O) groups is 1. The summed E-state index contributed by atoms with van der Waals surface area (Å²) in [5.74, 6) is 2.47. The van der Waals surface area contributed by atoms with E-state index in [0.29, 0.717) is 11.5 Å². The summed E-state index contributed by atoms with van der Waals surface area (Å²) >= 11 is 1.63. The number of allylic oxidation sites excluding steroid dienone is 2. The van der Waals surface area contributed by atoms with Gasteiger partial charge in [0.15, 0.2) is 11.5 Å². The van der Waals surface area contributed by atoms with Gasteiger partial charge in [0.2, 0.25) is 5.91 Å². The SMILES string of the molecule is COc1ccc(C2=NN(C3CCN(c4ncnc5sccc45)CC3)C(=O)C3CC=CCC23)cc1OC. The first-order chi connectivity index (χ1) is 17.7. The van der Waals surface area contributed by atoms with E-state index in [9.17, 15) is 4.79 Å². The fourth-order valence-corrected chi connectivity index (χ4v) is 6.41. The largest absolute Gasteiger partial charge is 0.493 e. The summed E-state index contributed by atoms with van der Waals surface area (Å²) in [4.78, 5) is 25.9. The predicted molar refractivity (Wildman–Crippen MR) is 141 cm³/mol. The molecule has 1 aliphatic carbocycles. The summed E-state index contributed by atoms with van der Waals surface area (Å²) in [6.07, 6.45) is 9.21. The maximum Gasteiger partial charge on any atom is 0.247 e. The van der Waals surface area contributed by atoms with Crippen molar-refractivity contribution in [2.75, 3.05) is 32.2 Å². The van der Waals surface area contributed by atoms with E-state index >= 15 is 0 Å². The number of benzene rings is 1. The molecule has 6 rings (SSSR count). The van der Waals surface area contributed by atoms with Crippen LogP contribution in [0.15, 0.2) is 53.2 Å². The summed E-state index contributed by atoms with van der Waals surface area (Å²) in [5.41, 5.74) is 1.94. The van der Waals surface area contributed by atoms with Crippen molar-refractivity contribution in [3.05, 3.63) is 53.7 Å². The number of hydrogen-bond acceptors (Lipinski definition) is 8. The Morgan fingerprint density at radius 3 is 2.53 bits per heavy atom. The minimum atomic E-state index is -0.0825. The van der Waals surface area contributed by atoms with Crippen LogP contribution in [0.1, 0.15) is 31.2 Å². The molecule has 2 aromatic heterocycles. The van der Waals surface area contributed by atoms with Gasteiger partial charge in [-0.3, -0.25) is 4.79 Å². The van der Waals surface area contributed by atoms with Crippen molar-refractivity contribution in [2.45, 2.75) is 31.7 Å². The number of ether oxygens (including phenoxy) is 2. The molecule has 1 fully saturated rings. The highest BCUT2D eigenvalue weighted by atomic mass is 32.1. The molecule has 36 heavy (non-hydrogen) atoms. The standard InChI is InChI=1S/C27H29N5O3S/c1-34-22-8-7-17(15-23(22)35-2)24-19-5-3-4-6-20(19)27(33)32(30-24)18-9-12-31(13-10-18)25-21-11-14-36-26(21)29-16-28-25/h3-4,7-8,11,14-16,18-20H,5-6,9-10,12-13H2,1-2H3. The molecule has 9 heteroatoms. The van der Waals surface area contributed by atoms with Crippen molar-refractivity contribution in [1.82, 2.24) is 15.0 Å². The van der Waals surface area contributed by atoms with E-state index in [1.807, 2.05) is 18.2 Å². The van der Waals surface area contributed by atoms with Crippen molar-refractivity contribution < 1.29 is 14.3 Å². The van der Waals surface area contributed by atoms with Gasteiger partial charge in [0.05, 0.1) is 37.3 Å². The highest BCUT2D eigenvalue weighted by Gasteiger charge is 2.43. The second kappa shape index (κ2) is 9.54. The zero-order chi connectivity index (χ0) is 24.6. The van der Waals surface area contributed by atoms with Gasteiger partial charge in [0.1, 0.15) is 17.0 Å². The van der Waals surface area contributed by atoms with Gasteiger partial charge in [-0.25, -0.2) is 15.0 Å². The first-order valence-corrected chi connectivity index (χ1v) is 13.3. The van der Waals surface area contributed by atoms with Crippen molar-refractivity contribution >= 4 is 39.0 Å². The normalized spacial score (nSPS) is 22.5. The Balaban J connectivity index is 1.29. The van der Waals surface area contributed by atoms with E-state index < -0.39 is 0 Å². The topological polar surface area (TPSA) is 80.2 Å². The van der Waals surface area contributed by atoms with Crippen molar-refractivity contribution in [3.8, 4) is 11.5 Å². The van der Waals surface area contributed by atoms with Crippen molar-refractivity contribution in [3.63, 3.8) is 0 Å². The van der Waals surface area contributed by atoms with Crippen LogP contribution in [-0.2, 0) is 4.79 Å². The highest BCUT2D eigenvalue weighted by Crippen LogP contribution is 2.39. The number of aromatic nitrogens is 2. The molecule has 3 aliphatic rings. The fraction of sp³-hybridized carbons (Fsp3) is 0.407. The number of fused-ring (bicyclic) bond motifs is 2. The maximum atomic E-state index is 13.7. The molecular weight excluding hydrogens is 474 g/mol. The Morgan fingerprint density at radius 1 is 0.972 bits per heavy atom. The maximum absolute atomic E-state index is 13.7. The third-order valence-electron chi connectivity index (χ3n) is 7.57. The summed E-state index contributed by atoms with van der Waals surface area (Å²) in [7, 11) is 3.27. The molecule has 2 aliphatic heterocycles. The molecule has 0 bridgehead atoms. The molecule has 0 N–H and O–H groups in total. The van der Waals surface area contributed by atoms with Crippen LogP contribution < -0.4 is 14.4 Å². The van der Waals surface area contributed by atoms with E-state index in [1.165, 1.54) is 0 Å². The Hall–Kier alpha value is -3.46. The fourth-order valence-electron chi connectivity index (χ4n) is 5.68. The summed E-state index contributed by atoms with van der Waals surface area (Å²) < 4.78 is 11.0. The van der Waals surface area contributed by atoms with Gasteiger partial charge in [-0.15, -0.1) is 11.3 Å². The van der Waals surface area contributed by atoms with E-state index in [2.05, 4.69) is 38.5 Å². The van der Waals surface area contributed by atoms with Gasteiger partial charge in [0.25, 0.3) is 0 Å². The molecule has 0 saturated carbocycles. The van der Waals surface area contributed by atoms with Crippen LogP contribution in [0.25, 0.3) is 10.2 Å². The van der Waals surface area contributed by atoms with Crippen molar-refractivity contribution in [1.29, 1.82) is 0 Å².